The highest BCUT2D eigenvalue weighted by Crippen LogP contribution is 2.47. The molecule has 0 saturated heterocycles. The van der Waals surface area contributed by atoms with E-state index in [4.69, 9.17) is 18.5 Å². The molecule has 1 fully saturated rings. The third-order valence-corrected chi connectivity index (χ3v) is 12.8. The number of phosphoric ester groups is 1. The zero-order chi connectivity index (χ0) is 46.4. The third kappa shape index (κ3) is 31.8. The highest BCUT2D eigenvalue weighted by atomic mass is 31.2. The average molecular weight is 919 g/mol. The Morgan fingerprint density at radius 2 is 0.810 bits per heavy atom. The number of aliphatic hydroxyl groups is 5. The molecule has 1 saturated carbocycles. The van der Waals surface area contributed by atoms with Gasteiger partial charge in [-0.05, 0) is 64.2 Å². The lowest BCUT2D eigenvalue weighted by atomic mass is 9.85. The van der Waals surface area contributed by atoms with Crippen molar-refractivity contribution in [3.63, 3.8) is 0 Å². The molecular formula is C49H91O13P. The second-order valence-electron chi connectivity index (χ2n) is 17.7. The highest BCUT2D eigenvalue weighted by Gasteiger charge is 2.51. The van der Waals surface area contributed by atoms with E-state index >= 15 is 0 Å². The van der Waals surface area contributed by atoms with Gasteiger partial charge in [0.25, 0.3) is 0 Å². The van der Waals surface area contributed by atoms with Gasteiger partial charge in [0.15, 0.2) is 6.10 Å². The summed E-state index contributed by atoms with van der Waals surface area (Å²) in [7, 11) is -5.12. The van der Waals surface area contributed by atoms with E-state index in [1.165, 1.54) is 116 Å². The number of ether oxygens (including phenoxy) is 2. The SMILES string of the molecule is CCCCCC/C=C/CCCCCCCCCC(=O)O[C@@H](COC(=O)CCCCCCCCCCC/C=C/CCCCCCCC)COP(=O)(O)OC1C(O)C(O)C(O)[C@H](O)C1O. The molecule has 0 aromatic carbocycles. The number of phosphoric acid groups is 1. The molecule has 0 heterocycles. The minimum Gasteiger partial charge on any atom is -0.462 e. The van der Waals surface area contributed by atoms with Crippen LogP contribution in [-0.2, 0) is 32.7 Å². The summed E-state index contributed by atoms with van der Waals surface area (Å²) in [5.41, 5.74) is 0. The van der Waals surface area contributed by atoms with E-state index < -0.39 is 75.7 Å². The van der Waals surface area contributed by atoms with Crippen molar-refractivity contribution in [2.75, 3.05) is 13.2 Å². The largest absolute Gasteiger partial charge is 0.472 e. The van der Waals surface area contributed by atoms with Gasteiger partial charge in [-0.1, -0.05) is 167 Å². The third-order valence-electron chi connectivity index (χ3n) is 11.8. The molecule has 0 aromatic rings. The molecule has 0 aliphatic heterocycles. The van der Waals surface area contributed by atoms with E-state index in [9.17, 15) is 44.6 Å². The molecule has 14 heteroatoms. The Kier molecular flexibility index (Phi) is 37.2. The Morgan fingerprint density at radius 1 is 0.476 bits per heavy atom. The molecule has 8 atom stereocenters. The van der Waals surface area contributed by atoms with E-state index in [2.05, 4.69) is 38.2 Å². The van der Waals surface area contributed by atoms with Crippen LogP contribution in [0.15, 0.2) is 24.3 Å². The molecule has 6 N–H and O–H groups in total. The second-order valence-corrected chi connectivity index (χ2v) is 19.1. The maximum absolute atomic E-state index is 12.8. The molecule has 1 aliphatic rings. The number of carbonyl (C=O) groups excluding carboxylic acids is 2. The topological polar surface area (TPSA) is 210 Å². The van der Waals surface area contributed by atoms with Crippen LogP contribution in [0.3, 0.4) is 0 Å². The number of hydrogen-bond donors (Lipinski definition) is 6. The molecular weight excluding hydrogens is 828 g/mol. The maximum atomic E-state index is 12.8. The molecule has 13 nitrogen and oxygen atoms in total. The van der Waals surface area contributed by atoms with E-state index in [0.717, 1.165) is 64.2 Å². The number of aliphatic hydroxyl groups excluding tert-OH is 5. The first-order valence-electron chi connectivity index (χ1n) is 25.1. The molecule has 0 aromatic heterocycles. The molecule has 0 spiro atoms. The van der Waals surface area contributed by atoms with Gasteiger partial charge in [-0.25, -0.2) is 4.57 Å². The molecule has 0 bridgehead atoms. The van der Waals surface area contributed by atoms with Gasteiger partial charge >= 0.3 is 19.8 Å². The highest BCUT2D eigenvalue weighted by molar-refractivity contribution is 7.47. The van der Waals surface area contributed by atoms with Gasteiger partial charge in [-0.3, -0.25) is 18.6 Å². The first-order chi connectivity index (χ1) is 30.4. The Hall–Kier alpha value is -1.67. The van der Waals surface area contributed by atoms with Gasteiger partial charge in [0.1, 0.15) is 43.2 Å². The molecule has 1 rings (SSSR count). The predicted molar refractivity (Wildman–Crippen MR) is 249 cm³/mol. The molecule has 0 amide bonds. The van der Waals surface area contributed by atoms with Crippen LogP contribution < -0.4 is 0 Å². The van der Waals surface area contributed by atoms with Crippen molar-refractivity contribution < 1.29 is 63.1 Å². The van der Waals surface area contributed by atoms with E-state index in [0.29, 0.717) is 12.8 Å². The molecule has 6 unspecified atom stereocenters. The van der Waals surface area contributed by atoms with Crippen molar-refractivity contribution in [1.29, 1.82) is 0 Å². The summed E-state index contributed by atoms with van der Waals surface area (Å²) in [5, 5.41) is 50.2. The summed E-state index contributed by atoms with van der Waals surface area (Å²) in [4.78, 5) is 35.8. The fourth-order valence-corrected chi connectivity index (χ4v) is 8.66. The zero-order valence-electron chi connectivity index (χ0n) is 39.4. The van der Waals surface area contributed by atoms with Crippen molar-refractivity contribution in [2.24, 2.45) is 0 Å². The Morgan fingerprint density at radius 3 is 1.22 bits per heavy atom. The number of carbonyl (C=O) groups is 2. The van der Waals surface area contributed by atoms with Crippen LogP contribution in [0.5, 0.6) is 0 Å². The Bertz CT molecular complexity index is 1200. The number of hydrogen-bond acceptors (Lipinski definition) is 12. The van der Waals surface area contributed by atoms with Crippen molar-refractivity contribution in [3.8, 4) is 0 Å². The van der Waals surface area contributed by atoms with E-state index in [1.54, 1.807) is 0 Å². The van der Waals surface area contributed by atoms with Crippen molar-refractivity contribution in [3.05, 3.63) is 24.3 Å². The fraction of sp³-hybridized carbons (Fsp3) is 0.878. The maximum Gasteiger partial charge on any atom is 0.472 e. The van der Waals surface area contributed by atoms with Gasteiger partial charge in [-0.15, -0.1) is 0 Å². The number of esters is 2. The minimum atomic E-state index is -5.12. The number of rotatable bonds is 42. The van der Waals surface area contributed by atoms with E-state index in [-0.39, 0.29) is 12.8 Å². The quantitative estimate of drug-likeness (QED) is 0.0146. The van der Waals surface area contributed by atoms with Gasteiger partial charge in [0.05, 0.1) is 6.61 Å². The van der Waals surface area contributed by atoms with Crippen LogP contribution in [0, 0.1) is 0 Å². The standard InChI is InChI=1S/C49H91O13P/c1-3-5-7-9-11-13-15-17-19-20-21-22-24-25-27-29-31-33-35-37-42(50)59-39-41(40-60-63(57,58)62-49-47(55)45(53)44(52)46(54)48(49)56)61-43(51)38-36-34-32-30-28-26-23-18-16-14-12-10-8-6-4-2/h14,16-17,19,41,44-49,52-56H,3-13,15,18,20-40H2,1-2H3,(H,57,58)/b16-14+,19-17+/t41-,44?,45-,46?,47?,48?,49?/m0/s1. The van der Waals surface area contributed by atoms with Crippen LogP contribution in [0.2, 0.25) is 0 Å². The van der Waals surface area contributed by atoms with Crippen LogP contribution in [-0.4, -0.2) is 98.3 Å². The lowest BCUT2D eigenvalue weighted by Gasteiger charge is -2.41. The smallest absolute Gasteiger partial charge is 0.462 e. The fourth-order valence-electron chi connectivity index (χ4n) is 7.69. The van der Waals surface area contributed by atoms with Crippen LogP contribution in [0.1, 0.15) is 219 Å². The van der Waals surface area contributed by atoms with Crippen molar-refractivity contribution in [2.45, 2.75) is 262 Å². The monoisotopic (exact) mass is 919 g/mol. The molecule has 63 heavy (non-hydrogen) atoms. The van der Waals surface area contributed by atoms with Gasteiger partial charge < -0.3 is 39.9 Å². The first kappa shape index (κ1) is 59.3. The van der Waals surface area contributed by atoms with Gasteiger partial charge in [0, 0.05) is 12.8 Å². The lowest BCUT2D eigenvalue weighted by Crippen LogP contribution is -2.64. The number of unbranched alkanes of at least 4 members (excludes halogenated alkanes) is 26. The van der Waals surface area contributed by atoms with Crippen molar-refractivity contribution >= 4 is 19.8 Å². The van der Waals surface area contributed by atoms with E-state index in [1.807, 2.05) is 0 Å². The normalized spacial score (nSPS) is 21.8. The first-order valence-corrected chi connectivity index (χ1v) is 26.6. The Labute approximate surface area is 381 Å². The summed E-state index contributed by atoms with van der Waals surface area (Å²) < 4.78 is 33.6. The summed E-state index contributed by atoms with van der Waals surface area (Å²) in [6, 6.07) is 0. The van der Waals surface area contributed by atoms with Crippen LogP contribution in [0.4, 0.5) is 0 Å². The predicted octanol–water partition coefficient (Wildman–Crippen LogP) is 10.4. The summed E-state index contributed by atoms with van der Waals surface area (Å²) in [6.07, 6.45) is 30.8. The Balaban J connectivity index is 2.40. The summed E-state index contributed by atoms with van der Waals surface area (Å²) in [5.74, 6) is -1.10. The van der Waals surface area contributed by atoms with Crippen LogP contribution >= 0.6 is 7.82 Å². The molecule has 1 aliphatic carbocycles. The van der Waals surface area contributed by atoms with Crippen LogP contribution in [0.25, 0.3) is 0 Å². The molecule has 370 valence electrons. The molecule has 0 radical (unpaired) electrons. The number of allylic oxidation sites excluding steroid dienone is 4. The van der Waals surface area contributed by atoms with Gasteiger partial charge in [0.2, 0.25) is 0 Å². The second kappa shape index (κ2) is 39.5. The average Bonchev–Trinajstić information content (AvgIpc) is 3.26. The zero-order valence-corrected chi connectivity index (χ0v) is 40.3. The minimum absolute atomic E-state index is 0.0933. The lowest BCUT2D eigenvalue weighted by molar-refractivity contribution is -0.220. The van der Waals surface area contributed by atoms with Crippen molar-refractivity contribution in [1.82, 2.24) is 0 Å². The summed E-state index contributed by atoms with van der Waals surface area (Å²) in [6.45, 7) is 3.30. The summed E-state index contributed by atoms with van der Waals surface area (Å²) >= 11 is 0. The van der Waals surface area contributed by atoms with Gasteiger partial charge in [-0.2, -0.15) is 0 Å².